The van der Waals surface area contributed by atoms with Crippen LogP contribution in [0.25, 0.3) is 0 Å². The molecule has 3 nitrogen and oxygen atoms in total. The van der Waals surface area contributed by atoms with Crippen LogP contribution in [0.1, 0.15) is 54.4 Å². The Labute approximate surface area is 113 Å². The van der Waals surface area contributed by atoms with E-state index in [1.54, 1.807) is 13.8 Å². The lowest BCUT2D eigenvalue weighted by molar-refractivity contribution is 0.243. The summed E-state index contributed by atoms with van der Waals surface area (Å²) in [6.45, 7) is 13.0. The van der Waals surface area contributed by atoms with E-state index in [1.165, 1.54) is 24.0 Å². The molecule has 0 atom stereocenters. The first-order valence-electron chi connectivity index (χ1n) is 6.46. The van der Waals surface area contributed by atoms with Gasteiger partial charge in [0.15, 0.2) is 0 Å². The Hall–Kier alpha value is -0.500. The molecule has 0 radical (unpaired) electrons. The molecule has 0 N–H and O–H groups in total. The van der Waals surface area contributed by atoms with Crippen LogP contribution in [0.3, 0.4) is 0 Å². The van der Waals surface area contributed by atoms with Crippen LogP contribution >= 0.6 is 8.25 Å². The van der Waals surface area contributed by atoms with E-state index in [0.717, 1.165) is 0 Å². The average Bonchev–Trinajstić information content (AvgIpc) is 2.30. The lowest BCUT2D eigenvalue weighted by atomic mass is 10.1. The van der Waals surface area contributed by atoms with Crippen LogP contribution in [0.4, 0.5) is 0 Å². The third-order valence-corrected chi connectivity index (χ3v) is 2.99. The molecule has 0 saturated heterocycles. The van der Waals surface area contributed by atoms with E-state index in [1.807, 2.05) is 0 Å². The van der Waals surface area contributed by atoms with Crippen molar-refractivity contribution in [3.05, 3.63) is 23.3 Å². The van der Waals surface area contributed by atoms with Gasteiger partial charge < -0.3 is 0 Å². The van der Waals surface area contributed by atoms with Crippen molar-refractivity contribution < 1.29 is 13.6 Å². The highest BCUT2D eigenvalue weighted by Crippen LogP contribution is 2.21. The predicted molar refractivity (Wildman–Crippen MR) is 79.0 cm³/mol. The molecular formula is C14H28O3P+. The van der Waals surface area contributed by atoms with Gasteiger partial charge in [-0.1, -0.05) is 23.3 Å². The maximum atomic E-state index is 10.3. The second-order valence-electron chi connectivity index (χ2n) is 4.01. The maximum Gasteiger partial charge on any atom is 0.697 e. The standard InChI is InChI=1S/C10H18.C4H10O3P/c1-5-10(4)8-6-7-9(2)3;1-3-6-8(5)7-4-2/h5,7H,6,8H2,1-4H3;3-4H2,1-2H3/q;+1. The maximum absolute atomic E-state index is 10.3. The van der Waals surface area contributed by atoms with Gasteiger partial charge in [-0.2, -0.15) is 0 Å². The van der Waals surface area contributed by atoms with E-state index < -0.39 is 8.25 Å². The molecule has 0 rings (SSSR count). The third kappa shape index (κ3) is 17.9. The van der Waals surface area contributed by atoms with E-state index in [2.05, 4.69) is 48.9 Å². The van der Waals surface area contributed by atoms with Crippen molar-refractivity contribution in [3.8, 4) is 0 Å². The van der Waals surface area contributed by atoms with Gasteiger partial charge in [-0.15, -0.1) is 9.05 Å². The quantitative estimate of drug-likeness (QED) is 0.460. The summed E-state index contributed by atoms with van der Waals surface area (Å²) >= 11 is 0. The summed E-state index contributed by atoms with van der Waals surface area (Å²) in [5.74, 6) is 0. The first-order chi connectivity index (χ1) is 8.47. The van der Waals surface area contributed by atoms with Crippen LogP contribution in [0.15, 0.2) is 23.3 Å². The summed E-state index contributed by atoms with van der Waals surface area (Å²) in [4.78, 5) is 0. The van der Waals surface area contributed by atoms with Gasteiger partial charge in [-0.25, -0.2) is 0 Å². The topological polar surface area (TPSA) is 35.5 Å². The van der Waals surface area contributed by atoms with E-state index in [9.17, 15) is 4.57 Å². The van der Waals surface area contributed by atoms with Crippen LogP contribution in [0.2, 0.25) is 0 Å². The van der Waals surface area contributed by atoms with Crippen LogP contribution in [-0.2, 0) is 13.6 Å². The van der Waals surface area contributed by atoms with Crippen molar-refractivity contribution in [2.45, 2.75) is 54.4 Å². The molecule has 0 aliphatic carbocycles. The van der Waals surface area contributed by atoms with Gasteiger partial charge in [-0.3, -0.25) is 0 Å². The van der Waals surface area contributed by atoms with E-state index in [-0.39, 0.29) is 0 Å². The van der Waals surface area contributed by atoms with Crippen molar-refractivity contribution in [3.63, 3.8) is 0 Å². The van der Waals surface area contributed by atoms with Gasteiger partial charge in [0, 0.05) is 4.57 Å². The smallest absolute Gasteiger partial charge is 0.119 e. The summed E-state index contributed by atoms with van der Waals surface area (Å²) < 4.78 is 19.5. The second-order valence-corrected chi connectivity index (χ2v) is 4.98. The third-order valence-electron chi connectivity index (χ3n) is 2.05. The molecule has 106 valence electrons. The number of hydrogen-bond donors (Lipinski definition) is 0. The summed E-state index contributed by atoms with van der Waals surface area (Å²) in [5.41, 5.74) is 2.90. The van der Waals surface area contributed by atoms with Gasteiger partial charge in [0.1, 0.15) is 13.2 Å². The lowest BCUT2D eigenvalue weighted by Crippen LogP contribution is -1.81. The molecule has 0 aromatic heterocycles. The molecule has 0 fully saturated rings. The summed E-state index contributed by atoms with van der Waals surface area (Å²) in [5, 5.41) is 0. The van der Waals surface area contributed by atoms with Gasteiger partial charge in [0.05, 0.1) is 0 Å². The monoisotopic (exact) mass is 275 g/mol. The van der Waals surface area contributed by atoms with Crippen molar-refractivity contribution in [2.75, 3.05) is 13.2 Å². The first kappa shape index (κ1) is 19.8. The van der Waals surface area contributed by atoms with Crippen LogP contribution in [-0.4, -0.2) is 13.2 Å². The Kier molecular flexibility index (Phi) is 16.0. The van der Waals surface area contributed by atoms with Crippen molar-refractivity contribution >= 4 is 8.25 Å². The first-order valence-corrected chi connectivity index (χ1v) is 7.55. The molecule has 0 aliphatic rings. The average molecular weight is 275 g/mol. The zero-order chi connectivity index (χ0) is 14.4. The fraction of sp³-hybridized carbons (Fsp3) is 0.714. The fourth-order valence-electron chi connectivity index (χ4n) is 0.981. The molecule has 4 heteroatoms. The summed E-state index contributed by atoms with van der Waals surface area (Å²) in [7, 11) is -1.83. The highest BCUT2D eigenvalue weighted by atomic mass is 31.1. The van der Waals surface area contributed by atoms with Crippen molar-refractivity contribution in [2.24, 2.45) is 0 Å². The summed E-state index contributed by atoms with van der Waals surface area (Å²) in [6.07, 6.45) is 6.87. The van der Waals surface area contributed by atoms with Crippen molar-refractivity contribution in [1.29, 1.82) is 0 Å². The molecule has 0 aromatic carbocycles. The highest BCUT2D eigenvalue weighted by Gasteiger charge is 2.15. The predicted octanol–water partition coefficient (Wildman–Crippen LogP) is 5.42. The minimum atomic E-state index is -1.83. The number of hydrogen-bond acceptors (Lipinski definition) is 3. The number of rotatable bonds is 7. The second kappa shape index (κ2) is 14.6. The molecular weight excluding hydrogens is 247 g/mol. The molecule has 0 amide bonds. The van der Waals surface area contributed by atoms with Crippen LogP contribution in [0, 0.1) is 0 Å². The molecule has 0 aliphatic heterocycles. The molecule has 0 spiro atoms. The highest BCUT2D eigenvalue weighted by molar-refractivity contribution is 7.33. The molecule has 0 aromatic rings. The zero-order valence-electron chi connectivity index (χ0n) is 12.7. The Balaban J connectivity index is 0. The minimum Gasteiger partial charge on any atom is -0.119 e. The Morgan fingerprint density at radius 2 is 1.61 bits per heavy atom. The molecule has 0 saturated carbocycles. The van der Waals surface area contributed by atoms with Gasteiger partial charge in [0.2, 0.25) is 0 Å². The summed E-state index contributed by atoms with van der Waals surface area (Å²) in [6, 6.07) is 0. The molecule has 0 bridgehead atoms. The van der Waals surface area contributed by atoms with Gasteiger partial charge >= 0.3 is 8.25 Å². The Morgan fingerprint density at radius 1 is 1.11 bits per heavy atom. The lowest BCUT2D eigenvalue weighted by Gasteiger charge is -1.95. The van der Waals surface area contributed by atoms with Crippen LogP contribution in [0.5, 0.6) is 0 Å². The van der Waals surface area contributed by atoms with Crippen LogP contribution < -0.4 is 0 Å². The van der Waals surface area contributed by atoms with E-state index in [4.69, 9.17) is 0 Å². The molecule has 18 heavy (non-hydrogen) atoms. The normalized spacial score (nSPS) is 10.4. The van der Waals surface area contributed by atoms with Crippen molar-refractivity contribution in [1.82, 2.24) is 0 Å². The largest absolute Gasteiger partial charge is 0.697 e. The number of allylic oxidation sites excluding steroid dienone is 4. The van der Waals surface area contributed by atoms with E-state index in [0.29, 0.717) is 13.2 Å². The minimum absolute atomic E-state index is 0.440. The van der Waals surface area contributed by atoms with E-state index >= 15 is 0 Å². The molecule has 0 unspecified atom stereocenters. The van der Waals surface area contributed by atoms with Gasteiger partial charge in [-0.05, 0) is 54.4 Å². The zero-order valence-corrected chi connectivity index (χ0v) is 13.5. The Bertz CT molecular complexity index is 258. The fourth-order valence-corrected chi connectivity index (χ4v) is 1.48. The molecule has 0 heterocycles. The van der Waals surface area contributed by atoms with Gasteiger partial charge in [0.25, 0.3) is 0 Å². The SMILES string of the molecule is CC=C(C)CCC=C(C)C.CCO[P+](=O)OCC. The Morgan fingerprint density at radius 3 is 1.94 bits per heavy atom.